The maximum atomic E-state index is 2.27. The molecule has 0 bridgehead atoms. The Morgan fingerprint density at radius 2 is 2.00 bits per heavy atom. The first-order valence-electron chi connectivity index (χ1n) is 3.96. The highest BCUT2D eigenvalue weighted by Gasteiger charge is 2.12. The standard InChI is InChI=1S/C10H16N/c1-10(2,3)8-9-6-5-7-11(9)4/h5-8H,1-4H3. The van der Waals surface area contributed by atoms with Gasteiger partial charge < -0.3 is 4.57 Å². The van der Waals surface area contributed by atoms with Crippen molar-refractivity contribution in [3.63, 3.8) is 0 Å². The van der Waals surface area contributed by atoms with Crippen LogP contribution in [0.4, 0.5) is 0 Å². The summed E-state index contributed by atoms with van der Waals surface area (Å²) in [6.45, 7) is 6.62. The Morgan fingerprint density at radius 1 is 1.36 bits per heavy atom. The van der Waals surface area contributed by atoms with Gasteiger partial charge in [0.05, 0.1) is 0 Å². The summed E-state index contributed by atoms with van der Waals surface area (Å²) in [6.07, 6.45) is 4.34. The Hall–Kier alpha value is -0.720. The molecule has 0 aromatic carbocycles. The molecule has 0 N–H and O–H groups in total. The fourth-order valence-electron chi connectivity index (χ4n) is 1.07. The number of hydrogen-bond acceptors (Lipinski definition) is 0. The summed E-state index contributed by atoms with van der Waals surface area (Å²) in [4.78, 5) is 0. The zero-order chi connectivity index (χ0) is 8.48. The fourth-order valence-corrected chi connectivity index (χ4v) is 1.07. The van der Waals surface area contributed by atoms with Gasteiger partial charge in [-0.15, -0.1) is 0 Å². The summed E-state index contributed by atoms with van der Waals surface area (Å²) >= 11 is 0. The van der Waals surface area contributed by atoms with Gasteiger partial charge in [0.1, 0.15) is 0 Å². The van der Waals surface area contributed by atoms with Crippen LogP contribution in [0, 0.1) is 11.8 Å². The van der Waals surface area contributed by atoms with Crippen molar-refractivity contribution in [3.8, 4) is 0 Å². The molecule has 0 aliphatic heterocycles. The van der Waals surface area contributed by atoms with Crippen LogP contribution >= 0.6 is 0 Å². The number of aryl methyl sites for hydroxylation is 1. The maximum Gasteiger partial charge on any atom is 0.0214 e. The van der Waals surface area contributed by atoms with Crippen LogP contribution in [0.3, 0.4) is 0 Å². The minimum atomic E-state index is 0.270. The maximum absolute atomic E-state index is 2.27. The molecule has 0 amide bonds. The quantitative estimate of drug-likeness (QED) is 0.580. The van der Waals surface area contributed by atoms with Gasteiger partial charge in [-0.1, -0.05) is 20.8 Å². The molecule has 1 rings (SSSR count). The lowest BCUT2D eigenvalue weighted by Crippen LogP contribution is -2.08. The molecule has 1 heteroatoms. The van der Waals surface area contributed by atoms with Crippen LogP contribution in [0.25, 0.3) is 0 Å². The summed E-state index contributed by atoms with van der Waals surface area (Å²) in [7, 11) is 2.07. The second-order valence-electron chi connectivity index (χ2n) is 4.05. The van der Waals surface area contributed by atoms with Gasteiger partial charge in [0.15, 0.2) is 0 Å². The van der Waals surface area contributed by atoms with Gasteiger partial charge in [-0.2, -0.15) is 0 Å². The molecule has 0 atom stereocenters. The summed E-state index contributed by atoms with van der Waals surface area (Å²) in [5, 5.41) is 0. The summed E-state index contributed by atoms with van der Waals surface area (Å²) in [5.74, 6) is 0. The number of nitrogens with zero attached hydrogens (tertiary/aromatic N) is 1. The van der Waals surface area contributed by atoms with E-state index in [0.29, 0.717) is 0 Å². The van der Waals surface area contributed by atoms with E-state index >= 15 is 0 Å². The smallest absolute Gasteiger partial charge is 0.0214 e. The molecule has 0 fully saturated rings. The van der Waals surface area contributed by atoms with Gasteiger partial charge in [-0.3, -0.25) is 0 Å². The number of hydrogen-bond donors (Lipinski definition) is 0. The van der Waals surface area contributed by atoms with Crippen molar-refractivity contribution in [2.24, 2.45) is 12.5 Å². The average Bonchev–Trinajstić information content (AvgIpc) is 2.12. The molecule has 0 aliphatic carbocycles. The van der Waals surface area contributed by atoms with Crippen molar-refractivity contribution in [1.29, 1.82) is 0 Å². The van der Waals surface area contributed by atoms with Gasteiger partial charge in [0, 0.05) is 25.4 Å². The van der Waals surface area contributed by atoms with Crippen molar-refractivity contribution in [1.82, 2.24) is 4.57 Å². The number of aromatic nitrogens is 1. The summed E-state index contributed by atoms with van der Waals surface area (Å²) in [5.41, 5.74) is 1.56. The van der Waals surface area contributed by atoms with Crippen molar-refractivity contribution in [3.05, 3.63) is 30.4 Å². The van der Waals surface area contributed by atoms with Gasteiger partial charge >= 0.3 is 0 Å². The predicted molar refractivity (Wildman–Crippen MR) is 48.3 cm³/mol. The fraction of sp³-hybridized carbons (Fsp3) is 0.500. The third kappa shape index (κ3) is 2.41. The lowest BCUT2D eigenvalue weighted by Gasteiger charge is -2.17. The van der Waals surface area contributed by atoms with E-state index in [2.05, 4.69) is 57.1 Å². The van der Waals surface area contributed by atoms with Crippen LogP contribution in [0.1, 0.15) is 26.5 Å². The van der Waals surface area contributed by atoms with E-state index < -0.39 is 0 Å². The lowest BCUT2D eigenvalue weighted by molar-refractivity contribution is 0.498. The second-order valence-corrected chi connectivity index (χ2v) is 4.05. The molecule has 1 heterocycles. The zero-order valence-corrected chi connectivity index (χ0v) is 7.76. The Bertz CT molecular complexity index is 227. The van der Waals surface area contributed by atoms with Crippen molar-refractivity contribution in [2.75, 3.05) is 0 Å². The molecule has 0 unspecified atom stereocenters. The van der Waals surface area contributed by atoms with E-state index in [9.17, 15) is 0 Å². The number of rotatable bonds is 1. The third-order valence-electron chi connectivity index (χ3n) is 1.56. The van der Waals surface area contributed by atoms with Crippen LogP contribution < -0.4 is 0 Å². The molecule has 1 radical (unpaired) electrons. The van der Waals surface area contributed by atoms with E-state index in [4.69, 9.17) is 0 Å². The van der Waals surface area contributed by atoms with Crippen LogP contribution in [0.5, 0.6) is 0 Å². The van der Waals surface area contributed by atoms with E-state index in [-0.39, 0.29) is 5.41 Å². The zero-order valence-electron chi connectivity index (χ0n) is 7.76. The minimum Gasteiger partial charge on any atom is -0.354 e. The first-order chi connectivity index (χ1) is 4.99. The highest BCUT2D eigenvalue weighted by Crippen LogP contribution is 2.22. The van der Waals surface area contributed by atoms with Gasteiger partial charge in [-0.25, -0.2) is 0 Å². The SMILES string of the molecule is Cn1cccc1[CH]C(C)(C)C. The molecule has 1 aromatic heterocycles. The van der Waals surface area contributed by atoms with Crippen LogP contribution in [-0.4, -0.2) is 4.57 Å². The summed E-state index contributed by atoms with van der Waals surface area (Å²) < 4.78 is 2.13. The Labute approximate surface area is 69.0 Å². The molecule has 11 heavy (non-hydrogen) atoms. The molecular weight excluding hydrogens is 134 g/mol. The van der Waals surface area contributed by atoms with Crippen LogP contribution in [0.2, 0.25) is 0 Å². The first kappa shape index (κ1) is 8.38. The van der Waals surface area contributed by atoms with Gasteiger partial charge in [0.25, 0.3) is 0 Å². The van der Waals surface area contributed by atoms with E-state index in [1.165, 1.54) is 5.69 Å². The van der Waals surface area contributed by atoms with E-state index in [0.717, 1.165) is 0 Å². The van der Waals surface area contributed by atoms with Gasteiger partial charge in [0.2, 0.25) is 0 Å². The molecule has 1 aromatic rings. The second kappa shape index (κ2) is 2.72. The third-order valence-corrected chi connectivity index (χ3v) is 1.56. The molecular formula is C10H16N. The average molecular weight is 150 g/mol. The molecule has 0 saturated carbocycles. The topological polar surface area (TPSA) is 4.93 Å². The summed E-state index contributed by atoms with van der Waals surface area (Å²) in [6, 6.07) is 4.20. The van der Waals surface area contributed by atoms with Gasteiger partial charge in [-0.05, 0) is 17.5 Å². The monoisotopic (exact) mass is 150 g/mol. The Kier molecular flexibility index (Phi) is 2.08. The highest BCUT2D eigenvalue weighted by atomic mass is 14.9. The molecule has 0 spiro atoms. The van der Waals surface area contributed by atoms with Crippen molar-refractivity contribution < 1.29 is 0 Å². The van der Waals surface area contributed by atoms with Crippen LogP contribution in [-0.2, 0) is 7.05 Å². The molecule has 0 aliphatic rings. The first-order valence-corrected chi connectivity index (χ1v) is 3.96. The largest absolute Gasteiger partial charge is 0.354 e. The Balaban J connectivity index is 2.72. The molecule has 61 valence electrons. The lowest BCUT2D eigenvalue weighted by atomic mass is 9.91. The van der Waals surface area contributed by atoms with Crippen LogP contribution in [0.15, 0.2) is 18.3 Å². The molecule has 0 saturated heterocycles. The minimum absolute atomic E-state index is 0.270. The Morgan fingerprint density at radius 3 is 2.36 bits per heavy atom. The normalized spacial score (nSPS) is 12.0. The van der Waals surface area contributed by atoms with E-state index in [1.807, 2.05) is 0 Å². The highest BCUT2D eigenvalue weighted by molar-refractivity contribution is 5.18. The van der Waals surface area contributed by atoms with Crippen molar-refractivity contribution in [2.45, 2.75) is 20.8 Å². The predicted octanol–water partition coefficient (Wildman–Crippen LogP) is 2.62. The molecule has 1 nitrogen and oxygen atoms in total. The van der Waals surface area contributed by atoms with Crippen molar-refractivity contribution >= 4 is 0 Å². The van der Waals surface area contributed by atoms with E-state index in [1.54, 1.807) is 0 Å².